The van der Waals surface area contributed by atoms with Crippen LogP contribution in [0.25, 0.3) is 33.7 Å². The largest absolute Gasteiger partial charge is 0.417 e. The monoisotopic (exact) mass is 450 g/mol. The summed E-state index contributed by atoms with van der Waals surface area (Å²) in [6.07, 6.45) is -4.56. The molecule has 1 aromatic carbocycles. The Bertz CT molecular complexity index is 1270. The van der Waals surface area contributed by atoms with Crippen molar-refractivity contribution in [3.63, 3.8) is 0 Å². The van der Waals surface area contributed by atoms with Gasteiger partial charge in [-0.2, -0.15) is 13.2 Å². The second-order valence-electron chi connectivity index (χ2n) is 7.10. The number of hydrogen-bond donors (Lipinski definition) is 0. The number of hydrogen-bond acceptors (Lipinski definition) is 5. The predicted octanol–water partition coefficient (Wildman–Crippen LogP) is 5.49. The molecule has 0 radical (unpaired) electrons. The van der Waals surface area contributed by atoms with E-state index in [-0.39, 0.29) is 17.4 Å². The molecule has 0 saturated heterocycles. The van der Waals surface area contributed by atoms with Crippen LogP contribution in [0.3, 0.4) is 0 Å². The molecule has 154 valence electrons. The Labute approximate surface area is 178 Å². The Morgan fingerprint density at radius 3 is 2.40 bits per heavy atom. The highest BCUT2D eigenvalue weighted by atomic mass is 35.5. The van der Waals surface area contributed by atoms with Gasteiger partial charge in [0, 0.05) is 17.0 Å². The topological polar surface area (TPSA) is 61.4 Å². The first kappa shape index (κ1) is 19.3. The minimum atomic E-state index is -4.56. The number of alkyl halides is 3. The van der Waals surface area contributed by atoms with E-state index in [4.69, 9.17) is 11.6 Å². The maximum absolute atomic E-state index is 13.3. The quantitative estimate of drug-likeness (QED) is 0.405. The van der Waals surface area contributed by atoms with E-state index in [2.05, 4.69) is 20.4 Å². The average Bonchev–Trinajstić information content (AvgIpc) is 3.38. The van der Waals surface area contributed by atoms with E-state index in [9.17, 15) is 13.2 Å². The van der Waals surface area contributed by atoms with Crippen LogP contribution < -0.4 is 0 Å². The average molecular weight is 451 g/mol. The lowest BCUT2D eigenvalue weighted by Gasteiger charge is -2.25. The van der Waals surface area contributed by atoms with Gasteiger partial charge in [-0.25, -0.2) is 0 Å². The number of aryl methyl sites for hydroxylation is 1. The SMILES string of the molecule is Cc1ccc(-c2nnc3n2CC(C)n2c(-c4cccc(C(F)(F)F)c4Cl)nnc2-3)s1. The van der Waals surface area contributed by atoms with E-state index in [0.717, 1.165) is 21.6 Å². The van der Waals surface area contributed by atoms with Gasteiger partial charge in [0.25, 0.3) is 0 Å². The van der Waals surface area contributed by atoms with Crippen molar-refractivity contribution >= 4 is 22.9 Å². The molecule has 0 aliphatic carbocycles. The minimum Gasteiger partial charge on any atom is -0.302 e. The number of fused-ring (bicyclic) bond motifs is 3. The van der Waals surface area contributed by atoms with E-state index < -0.39 is 16.8 Å². The second-order valence-corrected chi connectivity index (χ2v) is 8.77. The summed E-state index contributed by atoms with van der Waals surface area (Å²) < 4.78 is 43.6. The Hall–Kier alpha value is -2.72. The zero-order valence-corrected chi connectivity index (χ0v) is 17.3. The highest BCUT2D eigenvalue weighted by molar-refractivity contribution is 7.15. The molecule has 0 spiro atoms. The first-order chi connectivity index (χ1) is 14.3. The van der Waals surface area contributed by atoms with Crippen LogP contribution in [0.4, 0.5) is 13.2 Å². The third kappa shape index (κ3) is 2.85. The number of nitrogens with zero attached hydrogens (tertiary/aromatic N) is 6. The van der Waals surface area contributed by atoms with Gasteiger partial charge in [-0.1, -0.05) is 17.7 Å². The van der Waals surface area contributed by atoms with Crippen LogP contribution in [0.5, 0.6) is 0 Å². The Kier molecular flexibility index (Phi) is 4.26. The zero-order chi connectivity index (χ0) is 21.2. The molecule has 4 heterocycles. The van der Waals surface area contributed by atoms with Crippen molar-refractivity contribution in [2.75, 3.05) is 0 Å². The molecule has 0 saturated carbocycles. The molecule has 0 fully saturated rings. The molecule has 5 rings (SSSR count). The van der Waals surface area contributed by atoms with Gasteiger partial charge in [0.2, 0.25) is 11.6 Å². The third-order valence-electron chi connectivity index (χ3n) is 5.04. The molecule has 0 amide bonds. The molecule has 1 atom stereocenters. The minimum absolute atomic E-state index is 0.140. The van der Waals surface area contributed by atoms with Crippen LogP contribution in [-0.2, 0) is 12.7 Å². The van der Waals surface area contributed by atoms with Crippen LogP contribution in [0.1, 0.15) is 23.4 Å². The van der Waals surface area contributed by atoms with Crippen molar-refractivity contribution in [3.05, 3.63) is 45.8 Å². The fourth-order valence-electron chi connectivity index (χ4n) is 3.69. The zero-order valence-electron chi connectivity index (χ0n) is 15.8. The Balaban J connectivity index is 1.66. The molecule has 30 heavy (non-hydrogen) atoms. The maximum atomic E-state index is 13.3. The van der Waals surface area contributed by atoms with Gasteiger partial charge >= 0.3 is 6.18 Å². The van der Waals surface area contributed by atoms with E-state index >= 15 is 0 Å². The molecule has 1 aliphatic heterocycles. The molecule has 3 aromatic heterocycles. The van der Waals surface area contributed by atoms with Crippen molar-refractivity contribution in [2.24, 2.45) is 0 Å². The maximum Gasteiger partial charge on any atom is 0.417 e. The number of aromatic nitrogens is 6. The van der Waals surface area contributed by atoms with E-state index in [1.54, 1.807) is 15.9 Å². The highest BCUT2D eigenvalue weighted by Crippen LogP contribution is 2.42. The molecule has 0 bridgehead atoms. The number of thiophene rings is 1. The van der Waals surface area contributed by atoms with Crippen LogP contribution >= 0.6 is 22.9 Å². The molecule has 1 unspecified atom stereocenters. The normalized spacial score (nSPS) is 15.9. The van der Waals surface area contributed by atoms with E-state index in [1.807, 2.05) is 30.5 Å². The molecule has 4 aromatic rings. The van der Waals surface area contributed by atoms with Crippen LogP contribution in [0, 0.1) is 6.92 Å². The lowest BCUT2D eigenvalue weighted by Crippen LogP contribution is -2.22. The standard InChI is InChI=1S/C19H14ClF3N6S/c1-9-8-28-16(13-7-6-10(2)30-13)25-26-17(28)18-27-24-15(29(9)18)11-4-3-5-12(14(11)20)19(21,22)23/h3-7,9H,8H2,1-2H3. The van der Waals surface area contributed by atoms with Crippen LogP contribution in [0.2, 0.25) is 5.02 Å². The summed E-state index contributed by atoms with van der Waals surface area (Å²) in [5, 5.41) is 16.6. The molecule has 6 nitrogen and oxygen atoms in total. The fourth-order valence-corrected chi connectivity index (χ4v) is 4.87. The summed E-state index contributed by atoms with van der Waals surface area (Å²) in [5.74, 6) is 1.99. The summed E-state index contributed by atoms with van der Waals surface area (Å²) in [6.45, 7) is 4.50. The smallest absolute Gasteiger partial charge is 0.302 e. The summed E-state index contributed by atoms with van der Waals surface area (Å²) in [5.41, 5.74) is -0.722. The molecule has 11 heteroatoms. The first-order valence-corrected chi connectivity index (χ1v) is 10.3. The van der Waals surface area contributed by atoms with E-state index in [1.165, 1.54) is 12.1 Å². The Morgan fingerprint density at radius 2 is 1.70 bits per heavy atom. The molecule has 1 aliphatic rings. The summed E-state index contributed by atoms with van der Waals surface area (Å²) in [6, 6.07) is 7.66. The predicted molar refractivity (Wildman–Crippen MR) is 107 cm³/mol. The van der Waals surface area contributed by atoms with Gasteiger partial charge in [-0.15, -0.1) is 31.7 Å². The summed E-state index contributed by atoms with van der Waals surface area (Å²) >= 11 is 7.75. The van der Waals surface area contributed by atoms with Gasteiger partial charge in [-0.05, 0) is 38.1 Å². The summed E-state index contributed by atoms with van der Waals surface area (Å²) in [4.78, 5) is 2.16. The Morgan fingerprint density at radius 1 is 1.00 bits per heavy atom. The number of benzene rings is 1. The molecule has 0 N–H and O–H groups in total. The number of halogens is 4. The third-order valence-corrected chi connectivity index (χ3v) is 6.44. The lowest BCUT2D eigenvalue weighted by atomic mass is 10.1. The van der Waals surface area contributed by atoms with Crippen molar-refractivity contribution < 1.29 is 13.2 Å². The van der Waals surface area contributed by atoms with Crippen molar-refractivity contribution in [1.82, 2.24) is 29.5 Å². The van der Waals surface area contributed by atoms with Gasteiger partial charge in [0.1, 0.15) is 0 Å². The van der Waals surface area contributed by atoms with Gasteiger partial charge in [-0.3, -0.25) is 4.57 Å². The van der Waals surface area contributed by atoms with Gasteiger partial charge < -0.3 is 4.57 Å². The number of rotatable bonds is 2. The van der Waals surface area contributed by atoms with E-state index in [0.29, 0.717) is 18.2 Å². The second kappa shape index (κ2) is 6.64. The van der Waals surface area contributed by atoms with Crippen LogP contribution in [-0.4, -0.2) is 29.5 Å². The molecular formula is C19H14ClF3N6S. The lowest BCUT2D eigenvalue weighted by molar-refractivity contribution is -0.137. The fraction of sp³-hybridized carbons (Fsp3) is 0.263. The highest BCUT2D eigenvalue weighted by Gasteiger charge is 2.36. The van der Waals surface area contributed by atoms with Crippen LogP contribution in [0.15, 0.2) is 30.3 Å². The van der Waals surface area contributed by atoms with Crippen molar-refractivity contribution in [3.8, 4) is 33.7 Å². The van der Waals surface area contributed by atoms with Crippen molar-refractivity contribution in [2.45, 2.75) is 32.6 Å². The van der Waals surface area contributed by atoms with Gasteiger partial charge in [0.05, 0.1) is 21.5 Å². The van der Waals surface area contributed by atoms with Crippen molar-refractivity contribution in [1.29, 1.82) is 0 Å². The first-order valence-electron chi connectivity index (χ1n) is 9.07. The van der Waals surface area contributed by atoms with Gasteiger partial charge in [0.15, 0.2) is 11.6 Å². The summed E-state index contributed by atoms with van der Waals surface area (Å²) in [7, 11) is 0. The molecular weight excluding hydrogens is 437 g/mol.